The molecule has 2 aromatic rings. The second kappa shape index (κ2) is 6.24. The van der Waals surface area contributed by atoms with Crippen LogP contribution >= 0.6 is 23.2 Å². The summed E-state index contributed by atoms with van der Waals surface area (Å²) in [4.78, 5) is -0.00613. The quantitative estimate of drug-likeness (QED) is 0.828. The molecule has 0 unspecified atom stereocenters. The summed E-state index contributed by atoms with van der Waals surface area (Å²) in [5.41, 5.74) is 2.19. The van der Waals surface area contributed by atoms with Crippen molar-refractivity contribution in [2.45, 2.75) is 52.0 Å². The van der Waals surface area contributed by atoms with Crippen LogP contribution in [0.25, 0.3) is 0 Å². The highest BCUT2D eigenvalue weighted by molar-refractivity contribution is 7.92. The van der Waals surface area contributed by atoms with Crippen molar-refractivity contribution in [3.05, 3.63) is 39.1 Å². The highest BCUT2D eigenvalue weighted by Gasteiger charge is 2.26. The average Bonchev–Trinajstić information content (AvgIpc) is 2.70. The summed E-state index contributed by atoms with van der Waals surface area (Å²) in [5.74, 6) is 0. The van der Waals surface area contributed by atoms with Gasteiger partial charge < -0.3 is 0 Å². The Labute approximate surface area is 153 Å². The van der Waals surface area contributed by atoms with Crippen molar-refractivity contribution >= 4 is 38.9 Å². The minimum Gasteiger partial charge on any atom is -0.276 e. The van der Waals surface area contributed by atoms with E-state index in [2.05, 4.69) is 9.82 Å². The summed E-state index contributed by atoms with van der Waals surface area (Å²) < 4.78 is 30.0. The maximum Gasteiger partial charge on any atom is 0.263 e. The first-order valence-corrected chi connectivity index (χ1v) is 9.63. The minimum atomic E-state index is -3.85. The van der Waals surface area contributed by atoms with Crippen LogP contribution in [0.1, 0.15) is 37.7 Å². The van der Waals surface area contributed by atoms with Crippen LogP contribution in [0.2, 0.25) is 10.0 Å². The first-order chi connectivity index (χ1) is 10.8. The van der Waals surface area contributed by atoms with Crippen molar-refractivity contribution in [1.82, 2.24) is 9.78 Å². The summed E-state index contributed by atoms with van der Waals surface area (Å²) in [6, 6.07) is 2.90. The monoisotopic (exact) mass is 389 g/mol. The van der Waals surface area contributed by atoms with Gasteiger partial charge in [0.05, 0.1) is 27.6 Å². The molecular weight excluding hydrogens is 369 g/mol. The number of halogens is 2. The average molecular weight is 390 g/mol. The van der Waals surface area contributed by atoms with Gasteiger partial charge in [-0.25, -0.2) is 8.42 Å². The van der Waals surface area contributed by atoms with E-state index in [1.165, 1.54) is 12.1 Å². The van der Waals surface area contributed by atoms with Gasteiger partial charge in [0.2, 0.25) is 0 Å². The number of nitrogens with zero attached hydrogens (tertiary/aromatic N) is 2. The normalized spacial score (nSPS) is 12.5. The largest absolute Gasteiger partial charge is 0.276 e. The van der Waals surface area contributed by atoms with Crippen molar-refractivity contribution in [2.75, 3.05) is 4.72 Å². The Hall–Kier alpha value is -1.24. The van der Waals surface area contributed by atoms with Crippen LogP contribution in [0.3, 0.4) is 0 Å². The predicted octanol–water partition coefficient (Wildman–Crippen LogP) is 4.67. The van der Waals surface area contributed by atoms with E-state index in [-0.39, 0.29) is 15.5 Å². The number of aromatic nitrogens is 2. The van der Waals surface area contributed by atoms with Gasteiger partial charge in [0.25, 0.3) is 10.0 Å². The van der Waals surface area contributed by atoms with Gasteiger partial charge in [-0.1, -0.05) is 23.2 Å². The van der Waals surface area contributed by atoms with Crippen LogP contribution in [0.15, 0.2) is 17.0 Å². The number of rotatable bonds is 3. The van der Waals surface area contributed by atoms with E-state index in [0.717, 1.165) is 5.69 Å². The Morgan fingerprint density at radius 1 is 1.08 bits per heavy atom. The number of hydrogen-bond acceptors (Lipinski definition) is 3. The molecule has 2 rings (SSSR count). The molecule has 1 N–H and O–H groups in total. The van der Waals surface area contributed by atoms with Gasteiger partial charge >= 0.3 is 0 Å². The van der Waals surface area contributed by atoms with Crippen molar-refractivity contribution in [3.8, 4) is 0 Å². The molecule has 0 fully saturated rings. The van der Waals surface area contributed by atoms with Crippen LogP contribution in [-0.4, -0.2) is 18.2 Å². The van der Waals surface area contributed by atoms with Crippen molar-refractivity contribution in [1.29, 1.82) is 0 Å². The van der Waals surface area contributed by atoms with E-state index >= 15 is 0 Å². The van der Waals surface area contributed by atoms with E-state index < -0.39 is 10.0 Å². The molecule has 1 heterocycles. The second-order valence-corrected chi connectivity index (χ2v) is 9.23. The van der Waals surface area contributed by atoms with Crippen LogP contribution in [0, 0.1) is 20.8 Å². The third kappa shape index (κ3) is 3.55. The fourth-order valence-electron chi connectivity index (χ4n) is 2.47. The summed E-state index contributed by atoms with van der Waals surface area (Å²) >= 11 is 12.1. The molecule has 132 valence electrons. The van der Waals surface area contributed by atoms with Gasteiger partial charge in [0, 0.05) is 5.02 Å². The van der Waals surface area contributed by atoms with Gasteiger partial charge in [0.1, 0.15) is 4.90 Å². The summed E-state index contributed by atoms with van der Waals surface area (Å²) in [5, 5.41) is 4.95. The zero-order valence-corrected chi connectivity index (χ0v) is 16.9. The fraction of sp³-hybridized carbons (Fsp3) is 0.438. The van der Waals surface area contributed by atoms with Gasteiger partial charge in [-0.3, -0.25) is 9.40 Å². The lowest BCUT2D eigenvalue weighted by Crippen LogP contribution is -2.24. The van der Waals surface area contributed by atoms with Crippen LogP contribution in [-0.2, 0) is 15.6 Å². The van der Waals surface area contributed by atoms with E-state index in [0.29, 0.717) is 22.0 Å². The minimum absolute atomic E-state index is 0.00613. The number of anilines is 1. The molecule has 0 aliphatic heterocycles. The number of nitrogens with one attached hydrogen (secondary N) is 1. The molecule has 5 nitrogen and oxygen atoms in total. The lowest BCUT2D eigenvalue weighted by atomic mass is 10.1. The molecule has 0 bridgehead atoms. The zero-order chi connectivity index (χ0) is 18.4. The summed E-state index contributed by atoms with van der Waals surface area (Å²) in [7, 11) is -3.85. The van der Waals surface area contributed by atoms with Gasteiger partial charge in [-0.05, 0) is 59.2 Å². The standard InChI is InChI=1S/C16H21Cl2N3O2S/c1-9-7-14(13(18)8-12(9)17)24(22,23)20-15-10(2)19-21(11(15)3)16(4,5)6/h7-8,20H,1-6H3. The first-order valence-electron chi connectivity index (χ1n) is 7.40. The third-order valence-corrected chi connectivity index (χ3v) is 5.89. The second-order valence-electron chi connectivity index (χ2n) is 6.77. The van der Waals surface area contributed by atoms with E-state index in [9.17, 15) is 8.42 Å². The van der Waals surface area contributed by atoms with Crippen molar-refractivity contribution < 1.29 is 8.42 Å². The first kappa shape index (κ1) is 19.1. The van der Waals surface area contributed by atoms with Crippen molar-refractivity contribution in [2.24, 2.45) is 0 Å². The lowest BCUT2D eigenvalue weighted by molar-refractivity contribution is 0.347. The molecule has 8 heteroatoms. The number of hydrogen-bond donors (Lipinski definition) is 1. The summed E-state index contributed by atoms with van der Waals surface area (Å²) in [6.45, 7) is 11.3. The van der Waals surface area contributed by atoms with Crippen LogP contribution < -0.4 is 4.72 Å². The molecule has 1 aromatic carbocycles. The summed E-state index contributed by atoms with van der Waals surface area (Å²) in [6.07, 6.45) is 0. The molecule has 0 amide bonds. The number of benzene rings is 1. The molecule has 0 aliphatic carbocycles. The Balaban J connectivity index is 2.52. The number of sulfonamides is 1. The maximum atomic E-state index is 12.8. The van der Waals surface area contributed by atoms with Crippen LogP contribution in [0.4, 0.5) is 5.69 Å². The molecule has 0 saturated carbocycles. The Kier molecular flexibility index (Phi) is 4.97. The van der Waals surface area contributed by atoms with Crippen molar-refractivity contribution in [3.63, 3.8) is 0 Å². The van der Waals surface area contributed by atoms with Gasteiger partial charge in [-0.15, -0.1) is 0 Å². The fourth-order valence-corrected chi connectivity index (χ4v) is 4.48. The van der Waals surface area contributed by atoms with Gasteiger partial charge in [-0.2, -0.15) is 5.10 Å². The molecule has 0 radical (unpaired) electrons. The van der Waals surface area contributed by atoms with Crippen LogP contribution in [0.5, 0.6) is 0 Å². The molecule has 1 aromatic heterocycles. The third-order valence-electron chi connectivity index (χ3n) is 3.67. The van der Waals surface area contributed by atoms with E-state index in [4.69, 9.17) is 23.2 Å². The zero-order valence-electron chi connectivity index (χ0n) is 14.5. The molecule has 0 saturated heterocycles. The molecule has 0 spiro atoms. The van der Waals surface area contributed by atoms with E-state index in [1.807, 2.05) is 27.7 Å². The topological polar surface area (TPSA) is 64.0 Å². The smallest absolute Gasteiger partial charge is 0.263 e. The Morgan fingerprint density at radius 3 is 2.17 bits per heavy atom. The maximum absolute atomic E-state index is 12.8. The molecule has 0 aliphatic rings. The molecule has 0 atom stereocenters. The van der Waals surface area contributed by atoms with Gasteiger partial charge in [0.15, 0.2) is 0 Å². The Bertz CT molecular complexity index is 897. The number of aryl methyl sites for hydroxylation is 2. The Morgan fingerprint density at radius 2 is 1.67 bits per heavy atom. The lowest BCUT2D eigenvalue weighted by Gasteiger charge is -2.21. The molecule has 24 heavy (non-hydrogen) atoms. The highest BCUT2D eigenvalue weighted by atomic mass is 35.5. The highest BCUT2D eigenvalue weighted by Crippen LogP contribution is 2.32. The SMILES string of the molecule is Cc1cc(S(=O)(=O)Nc2c(C)nn(C(C)(C)C)c2C)c(Cl)cc1Cl. The molecular formula is C16H21Cl2N3O2S. The van der Waals surface area contributed by atoms with E-state index in [1.54, 1.807) is 18.5 Å². The predicted molar refractivity (Wildman–Crippen MR) is 98.7 cm³/mol.